The Labute approximate surface area is 135 Å². The molecule has 0 bridgehead atoms. The minimum atomic E-state index is 0.791. The lowest BCUT2D eigenvalue weighted by Gasteiger charge is -2.16. The molecule has 0 N–H and O–H groups in total. The normalized spacial score (nSPS) is 10.9. The van der Waals surface area contributed by atoms with E-state index >= 15 is 0 Å². The Hall–Kier alpha value is -2.07. The standard InChI is InChI=1S/C18H19N3S/c1-4-22-16-12-8-6-10-14(16)17-19-15-11-7-5-9-13(15)18(20-17)21(2)3/h5-12H,4H2,1-3H3. The second-order valence-corrected chi connectivity index (χ2v) is 6.52. The van der Waals surface area contributed by atoms with Crippen molar-refractivity contribution in [1.29, 1.82) is 0 Å². The fourth-order valence-corrected chi connectivity index (χ4v) is 3.25. The minimum absolute atomic E-state index is 0.791. The average Bonchev–Trinajstić information content (AvgIpc) is 2.54. The van der Waals surface area contributed by atoms with Gasteiger partial charge < -0.3 is 4.90 Å². The van der Waals surface area contributed by atoms with Gasteiger partial charge in [-0.25, -0.2) is 9.97 Å². The van der Waals surface area contributed by atoms with Crippen LogP contribution in [0.15, 0.2) is 53.4 Å². The number of aromatic nitrogens is 2. The van der Waals surface area contributed by atoms with E-state index in [-0.39, 0.29) is 0 Å². The van der Waals surface area contributed by atoms with Gasteiger partial charge in [-0.2, -0.15) is 0 Å². The van der Waals surface area contributed by atoms with Crippen LogP contribution < -0.4 is 4.90 Å². The predicted molar refractivity (Wildman–Crippen MR) is 95.7 cm³/mol. The Kier molecular flexibility index (Phi) is 4.29. The Morgan fingerprint density at radius 1 is 0.955 bits per heavy atom. The number of nitrogens with zero attached hydrogens (tertiary/aromatic N) is 3. The highest BCUT2D eigenvalue weighted by molar-refractivity contribution is 7.99. The van der Waals surface area contributed by atoms with Crippen LogP contribution in [0.4, 0.5) is 5.82 Å². The Bertz CT molecular complexity index is 799. The van der Waals surface area contributed by atoms with Crippen molar-refractivity contribution in [3.05, 3.63) is 48.5 Å². The van der Waals surface area contributed by atoms with Crippen molar-refractivity contribution in [1.82, 2.24) is 9.97 Å². The Balaban J connectivity index is 2.24. The van der Waals surface area contributed by atoms with Crippen LogP contribution >= 0.6 is 11.8 Å². The smallest absolute Gasteiger partial charge is 0.163 e. The average molecular weight is 309 g/mol. The monoisotopic (exact) mass is 309 g/mol. The minimum Gasteiger partial charge on any atom is -0.362 e. The summed E-state index contributed by atoms with van der Waals surface area (Å²) in [5.74, 6) is 2.78. The zero-order valence-electron chi connectivity index (χ0n) is 13.1. The molecule has 0 spiro atoms. The molecule has 0 fully saturated rings. The van der Waals surface area contributed by atoms with E-state index in [1.807, 2.05) is 55.0 Å². The summed E-state index contributed by atoms with van der Waals surface area (Å²) in [7, 11) is 4.04. The predicted octanol–water partition coefficient (Wildman–Crippen LogP) is 4.47. The van der Waals surface area contributed by atoms with E-state index in [0.717, 1.165) is 33.9 Å². The first-order valence-corrected chi connectivity index (χ1v) is 8.35. The third-order valence-electron chi connectivity index (χ3n) is 3.43. The summed E-state index contributed by atoms with van der Waals surface area (Å²) in [5.41, 5.74) is 2.08. The lowest BCUT2D eigenvalue weighted by molar-refractivity contribution is 1.06. The maximum Gasteiger partial charge on any atom is 0.163 e. The summed E-state index contributed by atoms with van der Waals surface area (Å²) in [5, 5.41) is 1.08. The SMILES string of the molecule is CCSc1ccccc1-c1nc(N(C)C)c2ccccc2n1. The summed E-state index contributed by atoms with van der Waals surface area (Å²) >= 11 is 1.82. The summed E-state index contributed by atoms with van der Waals surface area (Å²) in [6, 6.07) is 16.5. The van der Waals surface area contributed by atoms with Crippen LogP contribution in [0, 0.1) is 0 Å². The van der Waals surface area contributed by atoms with Crippen LogP contribution in [0.25, 0.3) is 22.3 Å². The molecule has 0 aliphatic carbocycles. The van der Waals surface area contributed by atoms with E-state index in [4.69, 9.17) is 9.97 Å². The second-order valence-electron chi connectivity index (χ2n) is 5.21. The quantitative estimate of drug-likeness (QED) is 0.665. The van der Waals surface area contributed by atoms with Crippen molar-refractivity contribution < 1.29 is 0 Å². The Morgan fingerprint density at radius 2 is 1.68 bits per heavy atom. The summed E-state index contributed by atoms with van der Waals surface area (Å²) in [6.07, 6.45) is 0. The van der Waals surface area contributed by atoms with Crippen molar-refractivity contribution in [2.45, 2.75) is 11.8 Å². The van der Waals surface area contributed by atoms with E-state index in [9.17, 15) is 0 Å². The third-order valence-corrected chi connectivity index (χ3v) is 4.39. The largest absolute Gasteiger partial charge is 0.362 e. The topological polar surface area (TPSA) is 29.0 Å². The zero-order chi connectivity index (χ0) is 15.5. The summed E-state index contributed by atoms with van der Waals surface area (Å²) in [4.78, 5) is 12.9. The van der Waals surface area contributed by atoms with Gasteiger partial charge in [0.25, 0.3) is 0 Å². The summed E-state index contributed by atoms with van der Waals surface area (Å²) < 4.78 is 0. The molecule has 0 aliphatic rings. The van der Waals surface area contributed by atoms with Gasteiger partial charge in [-0.3, -0.25) is 0 Å². The van der Waals surface area contributed by atoms with Crippen LogP contribution in [-0.4, -0.2) is 29.8 Å². The van der Waals surface area contributed by atoms with Crippen molar-refractivity contribution in [2.24, 2.45) is 0 Å². The lowest BCUT2D eigenvalue weighted by Crippen LogP contribution is -2.12. The van der Waals surface area contributed by atoms with E-state index in [1.165, 1.54) is 4.90 Å². The first-order chi connectivity index (χ1) is 10.7. The van der Waals surface area contributed by atoms with Gasteiger partial charge in [0.05, 0.1) is 5.52 Å². The first-order valence-electron chi connectivity index (χ1n) is 7.37. The molecule has 0 saturated heterocycles. The molecule has 2 aromatic carbocycles. The van der Waals surface area contributed by atoms with Gasteiger partial charge >= 0.3 is 0 Å². The summed E-state index contributed by atoms with van der Waals surface area (Å²) in [6.45, 7) is 2.16. The van der Waals surface area contributed by atoms with Gasteiger partial charge in [-0.1, -0.05) is 37.3 Å². The number of hydrogen-bond acceptors (Lipinski definition) is 4. The van der Waals surface area contributed by atoms with Crippen molar-refractivity contribution >= 4 is 28.5 Å². The number of fused-ring (bicyclic) bond motifs is 1. The van der Waals surface area contributed by atoms with Crippen LogP contribution in [0.5, 0.6) is 0 Å². The first kappa shape index (κ1) is 14.9. The molecule has 0 saturated carbocycles. The molecular formula is C18H19N3S. The van der Waals surface area contributed by atoms with Gasteiger partial charge in [-0.05, 0) is 24.0 Å². The molecule has 3 aromatic rings. The van der Waals surface area contributed by atoms with Gasteiger partial charge in [0, 0.05) is 29.9 Å². The molecule has 0 unspecified atom stereocenters. The van der Waals surface area contributed by atoms with Crippen LogP contribution in [0.1, 0.15) is 6.92 Å². The fourth-order valence-electron chi connectivity index (χ4n) is 2.45. The molecule has 1 heterocycles. The molecule has 3 rings (SSSR count). The van der Waals surface area contributed by atoms with E-state index in [2.05, 4.69) is 31.2 Å². The van der Waals surface area contributed by atoms with E-state index in [1.54, 1.807) is 0 Å². The molecule has 0 atom stereocenters. The third kappa shape index (κ3) is 2.79. The number of thioether (sulfide) groups is 1. The zero-order valence-corrected chi connectivity index (χ0v) is 13.9. The van der Waals surface area contributed by atoms with Crippen LogP contribution in [-0.2, 0) is 0 Å². The number of anilines is 1. The van der Waals surface area contributed by atoms with Crippen LogP contribution in [0.3, 0.4) is 0 Å². The number of hydrogen-bond donors (Lipinski definition) is 0. The van der Waals surface area contributed by atoms with Gasteiger partial charge in [0.1, 0.15) is 5.82 Å². The lowest BCUT2D eigenvalue weighted by atomic mass is 10.1. The molecule has 0 amide bonds. The van der Waals surface area contributed by atoms with Crippen molar-refractivity contribution in [3.63, 3.8) is 0 Å². The molecule has 1 aromatic heterocycles. The molecule has 3 nitrogen and oxygen atoms in total. The van der Waals surface area contributed by atoms with Gasteiger partial charge in [-0.15, -0.1) is 11.8 Å². The maximum absolute atomic E-state index is 4.82. The highest BCUT2D eigenvalue weighted by atomic mass is 32.2. The molecule has 22 heavy (non-hydrogen) atoms. The van der Waals surface area contributed by atoms with Crippen molar-refractivity contribution in [3.8, 4) is 11.4 Å². The molecule has 4 heteroatoms. The van der Waals surface area contributed by atoms with E-state index in [0.29, 0.717) is 0 Å². The van der Waals surface area contributed by atoms with Crippen molar-refractivity contribution in [2.75, 3.05) is 24.7 Å². The van der Waals surface area contributed by atoms with Gasteiger partial charge in [0.15, 0.2) is 5.82 Å². The second kappa shape index (κ2) is 6.36. The fraction of sp³-hybridized carbons (Fsp3) is 0.222. The molecule has 0 radical (unpaired) electrons. The van der Waals surface area contributed by atoms with Gasteiger partial charge in [0.2, 0.25) is 0 Å². The van der Waals surface area contributed by atoms with E-state index < -0.39 is 0 Å². The number of para-hydroxylation sites is 1. The van der Waals surface area contributed by atoms with Crippen LogP contribution in [0.2, 0.25) is 0 Å². The number of rotatable bonds is 4. The molecule has 112 valence electrons. The molecule has 0 aliphatic heterocycles. The Morgan fingerprint density at radius 3 is 2.45 bits per heavy atom. The number of benzene rings is 2. The highest BCUT2D eigenvalue weighted by Crippen LogP contribution is 2.32. The molecular weight excluding hydrogens is 290 g/mol. The highest BCUT2D eigenvalue weighted by Gasteiger charge is 2.13. The maximum atomic E-state index is 4.82.